The van der Waals surface area contributed by atoms with Crippen molar-refractivity contribution in [3.63, 3.8) is 0 Å². The summed E-state index contributed by atoms with van der Waals surface area (Å²) in [6.45, 7) is 0.237. The fourth-order valence-corrected chi connectivity index (χ4v) is 3.43. The van der Waals surface area contributed by atoms with E-state index < -0.39 is 11.9 Å². The largest absolute Gasteiger partial charge is 0.465 e. The molecule has 0 aliphatic carbocycles. The maximum Gasteiger partial charge on any atom is 0.404 e. The Kier molecular flexibility index (Phi) is 5.75. The van der Waals surface area contributed by atoms with E-state index in [-0.39, 0.29) is 6.54 Å². The van der Waals surface area contributed by atoms with Crippen molar-refractivity contribution in [3.8, 4) is 5.69 Å². The van der Waals surface area contributed by atoms with Crippen LogP contribution in [-0.2, 0) is 6.42 Å². The highest BCUT2D eigenvalue weighted by atomic mass is 35.5. The molecule has 0 bridgehead atoms. The lowest BCUT2D eigenvalue weighted by Crippen LogP contribution is -2.23. The molecule has 0 aliphatic heterocycles. The van der Waals surface area contributed by atoms with Crippen LogP contribution in [0.5, 0.6) is 0 Å². The number of aromatic nitrogens is 3. The minimum atomic E-state index is -1.09. The van der Waals surface area contributed by atoms with Crippen LogP contribution >= 0.6 is 23.4 Å². The molecule has 0 saturated carbocycles. The minimum Gasteiger partial charge on any atom is -0.465 e. The molecule has 2 heterocycles. The quantitative estimate of drug-likeness (QED) is 0.662. The summed E-state index contributed by atoms with van der Waals surface area (Å²) in [6.07, 6.45) is 2.02. The van der Waals surface area contributed by atoms with Gasteiger partial charge in [-0.05, 0) is 24.3 Å². The second-order valence-electron chi connectivity index (χ2n) is 5.26. The van der Waals surface area contributed by atoms with Crippen molar-refractivity contribution in [2.24, 2.45) is 0 Å². The summed E-state index contributed by atoms with van der Waals surface area (Å²) in [7, 11) is 0. The van der Waals surface area contributed by atoms with Gasteiger partial charge in [0, 0.05) is 24.1 Å². The lowest BCUT2D eigenvalue weighted by Gasteiger charge is -2.08. The molecule has 0 atom stereocenters. The summed E-state index contributed by atoms with van der Waals surface area (Å²) in [6, 6.07) is 10.4. The summed E-state index contributed by atoms with van der Waals surface area (Å²) in [5.74, 6) is -0.426. The smallest absolute Gasteiger partial charge is 0.404 e. The Bertz CT molecular complexity index is 935. The van der Waals surface area contributed by atoms with Gasteiger partial charge < -0.3 is 10.4 Å². The number of halogens is 2. The van der Waals surface area contributed by atoms with Gasteiger partial charge in [0.1, 0.15) is 10.8 Å². The zero-order chi connectivity index (χ0) is 18.5. The van der Waals surface area contributed by atoms with Crippen LogP contribution in [0.2, 0.25) is 5.02 Å². The van der Waals surface area contributed by atoms with Gasteiger partial charge in [-0.15, -0.1) is 0 Å². The summed E-state index contributed by atoms with van der Waals surface area (Å²) in [5.41, 5.74) is 1.36. The Morgan fingerprint density at radius 3 is 2.85 bits per heavy atom. The normalized spacial score (nSPS) is 10.7. The van der Waals surface area contributed by atoms with E-state index in [4.69, 9.17) is 16.7 Å². The SMILES string of the molecule is O=C(O)NCCc1cc(Sc2cncc(F)c2)n(-c2ccccc2Cl)n1. The van der Waals surface area contributed by atoms with Crippen LogP contribution in [0, 0.1) is 5.82 Å². The second kappa shape index (κ2) is 8.20. The number of hydrogen-bond acceptors (Lipinski definition) is 4. The lowest BCUT2D eigenvalue weighted by atomic mass is 10.3. The molecule has 0 fully saturated rings. The van der Waals surface area contributed by atoms with Crippen LogP contribution in [0.25, 0.3) is 5.69 Å². The van der Waals surface area contributed by atoms with Crippen LogP contribution in [0.4, 0.5) is 9.18 Å². The van der Waals surface area contributed by atoms with E-state index in [1.54, 1.807) is 16.9 Å². The van der Waals surface area contributed by atoms with Gasteiger partial charge in [-0.2, -0.15) is 5.10 Å². The Morgan fingerprint density at radius 2 is 2.12 bits per heavy atom. The number of nitrogens with zero attached hydrogens (tertiary/aromatic N) is 3. The number of carbonyl (C=O) groups is 1. The molecule has 1 amide bonds. The Balaban J connectivity index is 1.93. The van der Waals surface area contributed by atoms with E-state index in [1.807, 2.05) is 24.3 Å². The van der Waals surface area contributed by atoms with Crippen LogP contribution in [0.3, 0.4) is 0 Å². The molecule has 0 spiro atoms. The van der Waals surface area contributed by atoms with E-state index in [1.165, 1.54) is 17.8 Å². The number of rotatable bonds is 6. The van der Waals surface area contributed by atoms with Gasteiger partial charge in [0.2, 0.25) is 0 Å². The Hall–Kier alpha value is -2.58. The highest BCUT2D eigenvalue weighted by Crippen LogP contribution is 2.32. The Labute approximate surface area is 158 Å². The van der Waals surface area contributed by atoms with Gasteiger partial charge in [0.25, 0.3) is 0 Å². The van der Waals surface area contributed by atoms with Crippen molar-refractivity contribution in [1.29, 1.82) is 0 Å². The molecule has 6 nitrogen and oxygen atoms in total. The van der Waals surface area contributed by atoms with Crippen LogP contribution in [-0.4, -0.2) is 32.5 Å². The Morgan fingerprint density at radius 1 is 1.31 bits per heavy atom. The van der Waals surface area contributed by atoms with Crippen molar-refractivity contribution < 1.29 is 14.3 Å². The molecule has 0 aliphatic rings. The van der Waals surface area contributed by atoms with Gasteiger partial charge in [0.15, 0.2) is 0 Å². The number of carboxylic acid groups (broad SMARTS) is 1. The molecule has 3 rings (SSSR count). The predicted octanol–water partition coefficient (Wildman–Crippen LogP) is 4.02. The summed E-state index contributed by atoms with van der Waals surface area (Å²) >= 11 is 7.58. The first-order valence-electron chi connectivity index (χ1n) is 7.62. The molecule has 0 unspecified atom stereocenters. The summed E-state index contributed by atoms with van der Waals surface area (Å²) in [4.78, 5) is 15.1. The summed E-state index contributed by atoms with van der Waals surface area (Å²) in [5, 5.41) is 16.7. The maximum absolute atomic E-state index is 13.4. The molecular weight excluding hydrogens is 379 g/mol. The molecule has 134 valence electrons. The van der Waals surface area contributed by atoms with Crippen molar-refractivity contribution in [1.82, 2.24) is 20.1 Å². The first-order valence-corrected chi connectivity index (χ1v) is 8.81. The molecule has 0 radical (unpaired) electrons. The van der Waals surface area contributed by atoms with E-state index >= 15 is 0 Å². The monoisotopic (exact) mass is 392 g/mol. The van der Waals surface area contributed by atoms with Gasteiger partial charge in [-0.3, -0.25) is 4.98 Å². The third-order valence-corrected chi connectivity index (χ3v) is 4.65. The predicted molar refractivity (Wildman–Crippen MR) is 96.6 cm³/mol. The van der Waals surface area contributed by atoms with Crippen LogP contribution < -0.4 is 5.32 Å². The fraction of sp³-hybridized carbons (Fsp3) is 0.118. The standard InChI is InChI=1S/C17H14ClFN4O2S/c18-14-3-1-2-4-15(14)23-16(26-13-7-11(19)9-20-10-13)8-12(22-23)5-6-21-17(24)25/h1-4,7-10,21H,5-6H2,(H,24,25). The molecule has 26 heavy (non-hydrogen) atoms. The summed E-state index contributed by atoms with van der Waals surface area (Å²) < 4.78 is 15.1. The van der Waals surface area contributed by atoms with E-state index in [2.05, 4.69) is 15.4 Å². The highest BCUT2D eigenvalue weighted by molar-refractivity contribution is 7.99. The van der Waals surface area contributed by atoms with Crippen LogP contribution in [0.1, 0.15) is 5.69 Å². The second-order valence-corrected chi connectivity index (χ2v) is 6.76. The molecule has 3 aromatic rings. The zero-order valence-electron chi connectivity index (χ0n) is 13.4. The number of para-hydroxylation sites is 1. The van der Waals surface area contributed by atoms with Crippen molar-refractivity contribution >= 4 is 29.5 Å². The van der Waals surface area contributed by atoms with Gasteiger partial charge in [0.05, 0.1) is 22.6 Å². The fourth-order valence-electron chi connectivity index (χ4n) is 2.27. The van der Waals surface area contributed by atoms with Crippen LogP contribution in [0.15, 0.2) is 58.7 Å². The molecule has 2 aromatic heterocycles. The first-order chi connectivity index (χ1) is 12.5. The number of nitrogens with one attached hydrogen (secondary N) is 1. The number of pyridine rings is 1. The zero-order valence-corrected chi connectivity index (χ0v) is 15.0. The minimum absolute atomic E-state index is 0.237. The van der Waals surface area contributed by atoms with E-state index in [9.17, 15) is 9.18 Å². The molecule has 1 aromatic carbocycles. The third kappa shape index (κ3) is 4.53. The first kappa shape index (κ1) is 18.2. The molecule has 9 heteroatoms. The van der Waals surface area contributed by atoms with Crippen molar-refractivity contribution in [2.75, 3.05) is 6.54 Å². The highest BCUT2D eigenvalue weighted by Gasteiger charge is 2.14. The average molecular weight is 393 g/mol. The van der Waals surface area contributed by atoms with Gasteiger partial charge >= 0.3 is 6.09 Å². The number of benzene rings is 1. The molecular formula is C17H14ClFN4O2S. The maximum atomic E-state index is 13.4. The van der Waals surface area contributed by atoms with Crippen molar-refractivity contribution in [2.45, 2.75) is 16.3 Å². The third-order valence-electron chi connectivity index (χ3n) is 3.37. The molecule has 2 N–H and O–H groups in total. The average Bonchev–Trinajstić information content (AvgIpc) is 2.97. The van der Waals surface area contributed by atoms with Gasteiger partial charge in [-0.25, -0.2) is 13.9 Å². The van der Waals surface area contributed by atoms with Crippen molar-refractivity contribution in [3.05, 3.63) is 65.3 Å². The molecule has 0 saturated heterocycles. The van der Waals surface area contributed by atoms with E-state index in [0.29, 0.717) is 27.7 Å². The number of hydrogen-bond donors (Lipinski definition) is 2. The topological polar surface area (TPSA) is 80.0 Å². The van der Waals surface area contributed by atoms with Gasteiger partial charge in [-0.1, -0.05) is 35.5 Å². The van der Waals surface area contributed by atoms with E-state index in [0.717, 1.165) is 11.2 Å². The lowest BCUT2D eigenvalue weighted by molar-refractivity contribution is 0.194. The number of amides is 1.